The Morgan fingerprint density at radius 2 is 2.11 bits per heavy atom. The molecule has 1 heterocycles. The number of fused-ring (bicyclic) bond motifs is 1. The molecule has 18 heavy (non-hydrogen) atoms. The fraction of sp³-hybridized carbons (Fsp3) is 0.462. The van der Waals surface area contributed by atoms with Gasteiger partial charge in [-0.1, -0.05) is 6.07 Å². The third-order valence-electron chi connectivity index (χ3n) is 3.58. The van der Waals surface area contributed by atoms with Crippen molar-refractivity contribution in [3.05, 3.63) is 23.8 Å². The van der Waals surface area contributed by atoms with Crippen molar-refractivity contribution in [2.24, 2.45) is 0 Å². The van der Waals surface area contributed by atoms with Crippen molar-refractivity contribution in [1.29, 1.82) is 0 Å². The second kappa shape index (κ2) is 4.35. The highest BCUT2D eigenvalue weighted by atomic mass is 35.5. The van der Waals surface area contributed by atoms with Crippen LogP contribution in [0.5, 0.6) is 11.5 Å². The molecule has 0 aromatic heterocycles. The number of hydrogen-bond donors (Lipinski definition) is 1. The first kappa shape index (κ1) is 11.7. The van der Waals surface area contributed by atoms with Crippen LogP contribution in [0.2, 0.25) is 0 Å². The van der Waals surface area contributed by atoms with Gasteiger partial charge in [-0.15, -0.1) is 11.6 Å². The number of halogens is 1. The normalized spacial score (nSPS) is 18.5. The maximum Gasteiger partial charge on any atom is 0.234 e. The molecule has 3 rings (SSSR count). The maximum absolute atomic E-state index is 11.2. The van der Waals surface area contributed by atoms with Gasteiger partial charge in [0.15, 0.2) is 11.5 Å². The molecule has 1 aliphatic heterocycles. The highest BCUT2D eigenvalue weighted by molar-refractivity contribution is 6.27. The summed E-state index contributed by atoms with van der Waals surface area (Å²) in [6.07, 6.45) is 2.16. The zero-order valence-electron chi connectivity index (χ0n) is 9.87. The van der Waals surface area contributed by atoms with Crippen molar-refractivity contribution in [1.82, 2.24) is 5.32 Å². The zero-order chi connectivity index (χ0) is 12.6. The van der Waals surface area contributed by atoms with E-state index in [1.54, 1.807) is 0 Å². The monoisotopic (exact) mass is 267 g/mol. The predicted octanol–water partition coefficient (Wildman–Crippen LogP) is 1.80. The Hall–Kier alpha value is -1.42. The van der Waals surface area contributed by atoms with Crippen molar-refractivity contribution in [3.63, 3.8) is 0 Å². The molecule has 0 bridgehead atoms. The predicted molar refractivity (Wildman–Crippen MR) is 67.2 cm³/mol. The average molecular weight is 268 g/mol. The molecule has 1 amide bonds. The topological polar surface area (TPSA) is 47.6 Å². The summed E-state index contributed by atoms with van der Waals surface area (Å²) in [6, 6.07) is 6.00. The Labute approximate surface area is 110 Å². The van der Waals surface area contributed by atoms with Crippen LogP contribution >= 0.6 is 11.6 Å². The van der Waals surface area contributed by atoms with Gasteiger partial charge in [0.05, 0.1) is 0 Å². The highest BCUT2D eigenvalue weighted by Gasteiger charge is 2.44. The summed E-state index contributed by atoms with van der Waals surface area (Å²) in [5, 5.41) is 2.86. The summed E-state index contributed by atoms with van der Waals surface area (Å²) in [5.74, 6) is 1.47. The molecule has 1 saturated carbocycles. The lowest BCUT2D eigenvalue weighted by atomic mass is 9.95. The van der Waals surface area contributed by atoms with Gasteiger partial charge in [-0.2, -0.15) is 0 Å². The summed E-state index contributed by atoms with van der Waals surface area (Å²) < 4.78 is 10.7. The summed E-state index contributed by atoms with van der Waals surface area (Å²) in [7, 11) is 0. The standard InChI is InChI=1S/C13H14ClNO3/c14-6-12(16)15-7-13(3-4-13)9-1-2-10-11(5-9)18-8-17-10/h1-2,5H,3-4,6-8H2,(H,15,16). The van der Waals surface area contributed by atoms with Crippen LogP contribution in [0, 0.1) is 0 Å². The van der Waals surface area contributed by atoms with Crippen LogP contribution in [0.3, 0.4) is 0 Å². The van der Waals surface area contributed by atoms with Crippen LogP contribution in [0.4, 0.5) is 0 Å². The van der Waals surface area contributed by atoms with Gasteiger partial charge in [0, 0.05) is 12.0 Å². The molecule has 0 unspecified atom stereocenters. The highest BCUT2D eigenvalue weighted by Crippen LogP contribution is 2.49. The molecule has 1 aromatic carbocycles. The average Bonchev–Trinajstić information content (AvgIpc) is 3.05. The molecule has 1 aliphatic carbocycles. The quantitative estimate of drug-likeness (QED) is 0.847. The summed E-state index contributed by atoms with van der Waals surface area (Å²) in [4.78, 5) is 11.2. The van der Waals surface area contributed by atoms with Crippen LogP contribution in [0.15, 0.2) is 18.2 Å². The number of hydrogen-bond acceptors (Lipinski definition) is 3. The minimum atomic E-state index is -0.122. The first-order chi connectivity index (χ1) is 8.73. The first-order valence-electron chi connectivity index (χ1n) is 5.96. The maximum atomic E-state index is 11.2. The molecular formula is C13H14ClNO3. The van der Waals surface area contributed by atoms with Gasteiger partial charge in [0.1, 0.15) is 5.88 Å². The molecular weight excluding hydrogens is 254 g/mol. The number of nitrogens with one attached hydrogen (secondary N) is 1. The fourth-order valence-electron chi connectivity index (χ4n) is 2.26. The summed E-state index contributed by atoms with van der Waals surface area (Å²) in [5.41, 5.74) is 1.25. The van der Waals surface area contributed by atoms with Gasteiger partial charge in [0.2, 0.25) is 12.7 Å². The number of alkyl halides is 1. The molecule has 0 radical (unpaired) electrons. The largest absolute Gasteiger partial charge is 0.454 e. The Kier molecular flexibility index (Phi) is 2.82. The van der Waals surface area contributed by atoms with E-state index in [9.17, 15) is 4.79 Å². The first-order valence-corrected chi connectivity index (χ1v) is 6.50. The molecule has 0 spiro atoms. The Balaban J connectivity index is 1.75. The number of rotatable bonds is 4. The Morgan fingerprint density at radius 3 is 2.83 bits per heavy atom. The number of ether oxygens (including phenoxy) is 2. The third kappa shape index (κ3) is 2.01. The van der Waals surface area contributed by atoms with Crippen molar-refractivity contribution >= 4 is 17.5 Å². The smallest absolute Gasteiger partial charge is 0.234 e. The number of amides is 1. The van der Waals surface area contributed by atoms with E-state index in [2.05, 4.69) is 5.32 Å². The molecule has 4 nitrogen and oxygen atoms in total. The number of carbonyl (C=O) groups excluding carboxylic acids is 1. The van der Waals surface area contributed by atoms with Gasteiger partial charge in [-0.25, -0.2) is 0 Å². The lowest BCUT2D eigenvalue weighted by Crippen LogP contribution is -2.32. The summed E-state index contributed by atoms with van der Waals surface area (Å²) >= 11 is 5.48. The van der Waals surface area contributed by atoms with E-state index >= 15 is 0 Å². The van der Waals surface area contributed by atoms with E-state index in [1.165, 1.54) is 5.56 Å². The van der Waals surface area contributed by atoms with Gasteiger partial charge < -0.3 is 14.8 Å². The molecule has 1 N–H and O–H groups in total. The minimum absolute atomic E-state index is 0.0111. The zero-order valence-corrected chi connectivity index (χ0v) is 10.6. The van der Waals surface area contributed by atoms with Crippen LogP contribution in [-0.4, -0.2) is 25.1 Å². The SMILES string of the molecule is O=C(CCl)NCC1(c2ccc3c(c2)OCO3)CC1. The van der Waals surface area contributed by atoms with Crippen LogP contribution in [-0.2, 0) is 10.2 Å². The minimum Gasteiger partial charge on any atom is -0.454 e. The van der Waals surface area contributed by atoms with Crippen molar-refractivity contribution in [2.75, 3.05) is 19.2 Å². The van der Waals surface area contributed by atoms with Gasteiger partial charge in [0.25, 0.3) is 0 Å². The molecule has 96 valence electrons. The molecule has 5 heteroatoms. The molecule has 0 atom stereocenters. The second-order valence-corrected chi connectivity index (χ2v) is 5.03. The molecule has 0 saturated heterocycles. The van der Waals surface area contributed by atoms with Crippen molar-refractivity contribution < 1.29 is 14.3 Å². The van der Waals surface area contributed by atoms with E-state index in [1.807, 2.05) is 18.2 Å². The Morgan fingerprint density at radius 1 is 1.33 bits per heavy atom. The number of carbonyl (C=O) groups is 1. The van der Waals surface area contributed by atoms with Gasteiger partial charge in [-0.05, 0) is 30.5 Å². The Bertz CT molecular complexity index is 485. The van der Waals surface area contributed by atoms with Crippen molar-refractivity contribution in [2.45, 2.75) is 18.3 Å². The van der Waals surface area contributed by atoms with E-state index in [0.29, 0.717) is 6.54 Å². The van der Waals surface area contributed by atoms with Gasteiger partial charge in [-0.3, -0.25) is 4.79 Å². The van der Waals surface area contributed by atoms with Crippen molar-refractivity contribution in [3.8, 4) is 11.5 Å². The van der Waals surface area contributed by atoms with E-state index < -0.39 is 0 Å². The van der Waals surface area contributed by atoms with Crippen LogP contribution in [0.1, 0.15) is 18.4 Å². The van der Waals surface area contributed by atoms with E-state index in [0.717, 1.165) is 24.3 Å². The van der Waals surface area contributed by atoms with E-state index in [4.69, 9.17) is 21.1 Å². The lowest BCUT2D eigenvalue weighted by molar-refractivity contribution is -0.118. The second-order valence-electron chi connectivity index (χ2n) is 4.76. The van der Waals surface area contributed by atoms with Gasteiger partial charge >= 0.3 is 0 Å². The lowest BCUT2D eigenvalue weighted by Gasteiger charge is -2.16. The van der Waals surface area contributed by atoms with Crippen LogP contribution < -0.4 is 14.8 Å². The van der Waals surface area contributed by atoms with Crippen LogP contribution in [0.25, 0.3) is 0 Å². The molecule has 1 aromatic rings. The third-order valence-corrected chi connectivity index (χ3v) is 3.83. The number of benzene rings is 1. The van der Waals surface area contributed by atoms with E-state index in [-0.39, 0.29) is 24.0 Å². The molecule has 1 fully saturated rings. The fourth-order valence-corrected chi connectivity index (χ4v) is 2.35. The summed E-state index contributed by atoms with van der Waals surface area (Å²) in [6.45, 7) is 0.924. The molecule has 2 aliphatic rings.